The first kappa shape index (κ1) is 16.9. The molecule has 0 amide bonds. The smallest absolute Gasteiger partial charge is 0.108 e. The van der Waals surface area contributed by atoms with E-state index in [1.807, 2.05) is 0 Å². The molecule has 2 aliphatic heterocycles. The zero-order valence-corrected chi connectivity index (χ0v) is 16.4. The predicted octanol–water partition coefficient (Wildman–Crippen LogP) is 5.07. The zero-order chi connectivity index (χ0) is 17.6. The van der Waals surface area contributed by atoms with Crippen LogP contribution in [0.2, 0.25) is 0 Å². The summed E-state index contributed by atoms with van der Waals surface area (Å²) in [5.74, 6) is 2.72. The van der Waals surface area contributed by atoms with Crippen molar-refractivity contribution < 1.29 is 0 Å². The van der Waals surface area contributed by atoms with Crippen molar-refractivity contribution >= 4 is 0 Å². The van der Waals surface area contributed by atoms with Gasteiger partial charge in [0.2, 0.25) is 0 Å². The number of fused-ring (bicyclic) bond motifs is 2. The van der Waals surface area contributed by atoms with E-state index < -0.39 is 0 Å². The fraction of sp³-hybridized carbons (Fsp3) is 0.682. The van der Waals surface area contributed by atoms with Crippen molar-refractivity contribution in [3.05, 3.63) is 41.2 Å². The average Bonchev–Trinajstić information content (AvgIpc) is 3.18. The SMILES string of the molecule is CC(C)c1cc2n(c1)CCC(CC(C)(C)c1cn3c(n1)CCCC3)C2. The molecule has 0 aliphatic carbocycles. The lowest BCUT2D eigenvalue weighted by atomic mass is 9.77. The summed E-state index contributed by atoms with van der Waals surface area (Å²) in [5, 5.41) is 0. The molecule has 0 aromatic carbocycles. The molecule has 0 radical (unpaired) electrons. The van der Waals surface area contributed by atoms with Crippen molar-refractivity contribution in [2.45, 2.75) is 90.6 Å². The van der Waals surface area contributed by atoms with E-state index in [9.17, 15) is 0 Å². The van der Waals surface area contributed by atoms with Crippen LogP contribution in [0.3, 0.4) is 0 Å². The lowest BCUT2D eigenvalue weighted by Crippen LogP contribution is -2.27. The molecule has 25 heavy (non-hydrogen) atoms. The standard InChI is InChI=1S/C22H33N3/c1-16(2)18-12-19-11-17(8-10-24(19)14-18)13-22(3,4)20-15-25-9-6-5-7-21(25)23-20/h12,14-17H,5-11,13H2,1-4H3. The van der Waals surface area contributed by atoms with Gasteiger partial charge in [-0.2, -0.15) is 0 Å². The second kappa shape index (κ2) is 6.34. The summed E-state index contributed by atoms with van der Waals surface area (Å²) < 4.78 is 4.90. The van der Waals surface area contributed by atoms with E-state index in [4.69, 9.17) is 4.98 Å². The maximum absolute atomic E-state index is 5.02. The fourth-order valence-corrected chi connectivity index (χ4v) is 4.73. The van der Waals surface area contributed by atoms with Gasteiger partial charge in [0.1, 0.15) is 5.82 Å². The van der Waals surface area contributed by atoms with Crippen molar-refractivity contribution in [3.8, 4) is 0 Å². The molecule has 2 aliphatic rings. The van der Waals surface area contributed by atoms with Crippen molar-refractivity contribution in [1.29, 1.82) is 0 Å². The minimum atomic E-state index is 0.171. The molecule has 0 saturated heterocycles. The number of imidazole rings is 1. The molecule has 3 heteroatoms. The van der Waals surface area contributed by atoms with E-state index in [2.05, 4.69) is 55.3 Å². The Hall–Kier alpha value is -1.51. The van der Waals surface area contributed by atoms with Crippen LogP contribution in [-0.2, 0) is 31.3 Å². The minimum Gasteiger partial charge on any atom is -0.351 e. The molecule has 3 nitrogen and oxygen atoms in total. The number of aromatic nitrogens is 3. The molecular weight excluding hydrogens is 306 g/mol. The molecule has 1 atom stereocenters. The monoisotopic (exact) mass is 339 g/mol. The van der Waals surface area contributed by atoms with E-state index in [0.29, 0.717) is 5.92 Å². The first-order valence-electron chi connectivity index (χ1n) is 10.2. The maximum atomic E-state index is 5.02. The Balaban J connectivity index is 1.48. The normalized spacial score (nSPS) is 20.6. The van der Waals surface area contributed by atoms with Crippen LogP contribution in [0, 0.1) is 5.92 Å². The Morgan fingerprint density at radius 1 is 1.16 bits per heavy atom. The number of hydrogen-bond donors (Lipinski definition) is 0. The van der Waals surface area contributed by atoms with Crippen LogP contribution >= 0.6 is 0 Å². The predicted molar refractivity (Wildman–Crippen MR) is 103 cm³/mol. The van der Waals surface area contributed by atoms with Crippen molar-refractivity contribution in [1.82, 2.24) is 14.1 Å². The third-order valence-corrected chi connectivity index (χ3v) is 6.35. The minimum absolute atomic E-state index is 0.171. The molecule has 4 heterocycles. The average molecular weight is 340 g/mol. The zero-order valence-electron chi connectivity index (χ0n) is 16.4. The quantitative estimate of drug-likeness (QED) is 0.762. The van der Waals surface area contributed by atoms with E-state index in [0.717, 1.165) is 18.9 Å². The molecule has 0 spiro atoms. The van der Waals surface area contributed by atoms with Crippen LogP contribution in [0.1, 0.15) is 82.1 Å². The first-order valence-corrected chi connectivity index (χ1v) is 10.2. The molecule has 2 aromatic rings. The second-order valence-corrected chi connectivity index (χ2v) is 9.25. The van der Waals surface area contributed by atoms with Gasteiger partial charge in [0.15, 0.2) is 0 Å². The molecule has 136 valence electrons. The van der Waals surface area contributed by atoms with Gasteiger partial charge in [-0.15, -0.1) is 0 Å². The van der Waals surface area contributed by atoms with E-state index in [1.165, 1.54) is 55.7 Å². The Morgan fingerprint density at radius 3 is 2.76 bits per heavy atom. The maximum Gasteiger partial charge on any atom is 0.108 e. The highest BCUT2D eigenvalue weighted by Gasteiger charge is 2.31. The van der Waals surface area contributed by atoms with E-state index in [-0.39, 0.29) is 5.41 Å². The lowest BCUT2D eigenvalue weighted by Gasteiger charge is -2.31. The summed E-state index contributed by atoms with van der Waals surface area (Å²) in [6, 6.07) is 2.44. The third kappa shape index (κ3) is 3.30. The van der Waals surface area contributed by atoms with Crippen LogP contribution in [0.15, 0.2) is 18.5 Å². The van der Waals surface area contributed by atoms with Gasteiger partial charge < -0.3 is 9.13 Å². The summed E-state index contributed by atoms with van der Waals surface area (Å²) in [7, 11) is 0. The molecule has 0 saturated carbocycles. The Morgan fingerprint density at radius 2 is 2.00 bits per heavy atom. The topological polar surface area (TPSA) is 22.8 Å². The Bertz CT molecular complexity index is 724. The fourth-order valence-electron chi connectivity index (χ4n) is 4.73. The second-order valence-electron chi connectivity index (χ2n) is 9.25. The van der Waals surface area contributed by atoms with Crippen molar-refractivity contribution in [2.24, 2.45) is 5.92 Å². The van der Waals surface area contributed by atoms with Gasteiger partial charge in [-0.05, 0) is 55.6 Å². The van der Waals surface area contributed by atoms with Crippen LogP contribution in [0.4, 0.5) is 0 Å². The molecule has 0 fully saturated rings. The summed E-state index contributed by atoms with van der Waals surface area (Å²) in [5.41, 5.74) is 4.52. The Kier molecular flexibility index (Phi) is 4.29. The van der Waals surface area contributed by atoms with Crippen molar-refractivity contribution in [2.75, 3.05) is 0 Å². The number of aryl methyl sites for hydroxylation is 3. The van der Waals surface area contributed by atoms with E-state index >= 15 is 0 Å². The van der Waals surface area contributed by atoms with Gasteiger partial charge in [-0.1, -0.05) is 27.7 Å². The summed E-state index contributed by atoms with van der Waals surface area (Å²) in [6.45, 7) is 11.7. The summed E-state index contributed by atoms with van der Waals surface area (Å²) in [4.78, 5) is 5.02. The van der Waals surface area contributed by atoms with Crippen molar-refractivity contribution in [3.63, 3.8) is 0 Å². The number of hydrogen-bond acceptors (Lipinski definition) is 1. The lowest BCUT2D eigenvalue weighted by molar-refractivity contribution is 0.296. The Labute approximate surface area is 152 Å². The molecule has 0 bridgehead atoms. The van der Waals surface area contributed by atoms with Gasteiger partial charge in [-0.3, -0.25) is 0 Å². The van der Waals surface area contributed by atoms with Crippen LogP contribution in [0.25, 0.3) is 0 Å². The van der Waals surface area contributed by atoms with Crippen LogP contribution < -0.4 is 0 Å². The molecular formula is C22H33N3. The van der Waals surface area contributed by atoms with Gasteiger partial charge in [0.05, 0.1) is 5.69 Å². The summed E-state index contributed by atoms with van der Waals surface area (Å²) in [6.07, 6.45) is 12.3. The highest BCUT2D eigenvalue weighted by molar-refractivity contribution is 5.24. The molecule has 0 N–H and O–H groups in total. The third-order valence-electron chi connectivity index (χ3n) is 6.35. The number of rotatable bonds is 4. The summed E-state index contributed by atoms with van der Waals surface area (Å²) >= 11 is 0. The van der Waals surface area contributed by atoms with Gasteiger partial charge in [0.25, 0.3) is 0 Å². The highest BCUT2D eigenvalue weighted by atomic mass is 15.1. The molecule has 1 unspecified atom stereocenters. The largest absolute Gasteiger partial charge is 0.351 e. The van der Waals surface area contributed by atoms with Crippen LogP contribution in [-0.4, -0.2) is 14.1 Å². The molecule has 2 aromatic heterocycles. The van der Waals surface area contributed by atoms with Gasteiger partial charge in [0, 0.05) is 43.0 Å². The highest BCUT2D eigenvalue weighted by Crippen LogP contribution is 2.36. The van der Waals surface area contributed by atoms with Gasteiger partial charge >= 0.3 is 0 Å². The van der Waals surface area contributed by atoms with E-state index in [1.54, 1.807) is 5.69 Å². The van der Waals surface area contributed by atoms with Crippen LogP contribution in [0.5, 0.6) is 0 Å². The number of nitrogens with zero attached hydrogens (tertiary/aromatic N) is 3. The molecule has 4 rings (SSSR count). The first-order chi connectivity index (χ1) is 11.9. The van der Waals surface area contributed by atoms with Gasteiger partial charge in [-0.25, -0.2) is 4.98 Å².